The molecule has 2 aromatic heterocycles. The molecule has 34 heavy (non-hydrogen) atoms. The molecule has 0 bridgehead atoms. The van der Waals surface area contributed by atoms with Crippen molar-refractivity contribution in [3.8, 4) is 5.69 Å². The number of halogens is 1. The molecule has 1 aliphatic rings. The lowest BCUT2D eigenvalue weighted by atomic mass is 10.2. The average Bonchev–Trinajstić information content (AvgIpc) is 3.47. The van der Waals surface area contributed by atoms with Crippen molar-refractivity contribution in [2.24, 2.45) is 7.05 Å². The molecular formula is C25H23ClN6O2. The molecule has 0 spiro atoms. The maximum absolute atomic E-state index is 12.9. The Bertz CT molecular complexity index is 1370. The van der Waals surface area contributed by atoms with E-state index in [1.165, 1.54) is 0 Å². The summed E-state index contributed by atoms with van der Waals surface area (Å²) in [7, 11) is 1.82. The van der Waals surface area contributed by atoms with Crippen LogP contribution in [0.25, 0.3) is 5.69 Å². The van der Waals surface area contributed by atoms with Crippen molar-refractivity contribution in [2.45, 2.75) is 25.2 Å². The van der Waals surface area contributed by atoms with Crippen molar-refractivity contribution >= 4 is 34.9 Å². The Labute approximate surface area is 201 Å². The molecule has 0 unspecified atom stereocenters. The number of hydrogen-bond acceptors (Lipinski definition) is 4. The van der Waals surface area contributed by atoms with Gasteiger partial charge in [-0.25, -0.2) is 4.68 Å². The number of amides is 2. The van der Waals surface area contributed by atoms with E-state index in [1.54, 1.807) is 58.2 Å². The van der Waals surface area contributed by atoms with Crippen LogP contribution in [-0.2, 0) is 18.3 Å². The van der Waals surface area contributed by atoms with Crippen molar-refractivity contribution in [3.05, 3.63) is 88.8 Å². The lowest BCUT2D eigenvalue weighted by molar-refractivity contribution is -0.115. The molecule has 5 rings (SSSR count). The van der Waals surface area contributed by atoms with Gasteiger partial charge < -0.3 is 10.6 Å². The molecule has 1 fully saturated rings. The first-order valence-corrected chi connectivity index (χ1v) is 11.4. The number of hydrogen-bond donors (Lipinski definition) is 2. The molecule has 9 heteroatoms. The number of aryl methyl sites for hydroxylation is 1. The number of carbonyl (C=O) groups excluding carboxylic acids is 2. The van der Waals surface area contributed by atoms with Gasteiger partial charge >= 0.3 is 0 Å². The van der Waals surface area contributed by atoms with Crippen molar-refractivity contribution < 1.29 is 9.59 Å². The molecule has 2 N–H and O–H groups in total. The van der Waals surface area contributed by atoms with E-state index in [4.69, 9.17) is 11.6 Å². The van der Waals surface area contributed by atoms with Gasteiger partial charge in [-0.1, -0.05) is 29.8 Å². The second-order valence-corrected chi connectivity index (χ2v) is 8.76. The molecular weight excluding hydrogens is 452 g/mol. The molecule has 2 amide bonds. The van der Waals surface area contributed by atoms with Gasteiger partial charge in [-0.2, -0.15) is 10.2 Å². The molecule has 0 atom stereocenters. The molecule has 2 aromatic carbocycles. The highest BCUT2D eigenvalue weighted by molar-refractivity contribution is 6.33. The van der Waals surface area contributed by atoms with E-state index in [2.05, 4.69) is 20.8 Å². The summed E-state index contributed by atoms with van der Waals surface area (Å²) in [6.07, 6.45) is 5.86. The Morgan fingerprint density at radius 3 is 2.71 bits per heavy atom. The lowest BCUT2D eigenvalue weighted by Gasteiger charge is -2.07. The summed E-state index contributed by atoms with van der Waals surface area (Å²) in [5.41, 5.74) is 3.54. The second kappa shape index (κ2) is 9.15. The monoisotopic (exact) mass is 474 g/mol. The van der Waals surface area contributed by atoms with Crippen molar-refractivity contribution in [1.29, 1.82) is 0 Å². The van der Waals surface area contributed by atoms with Gasteiger partial charge in [0.2, 0.25) is 5.91 Å². The van der Waals surface area contributed by atoms with Crippen LogP contribution < -0.4 is 10.6 Å². The molecule has 1 aliphatic carbocycles. The summed E-state index contributed by atoms with van der Waals surface area (Å²) in [5, 5.41) is 15.1. The highest BCUT2D eigenvalue weighted by atomic mass is 35.5. The molecule has 2 heterocycles. The van der Waals surface area contributed by atoms with E-state index < -0.39 is 0 Å². The van der Waals surface area contributed by atoms with E-state index in [0.29, 0.717) is 33.7 Å². The highest BCUT2D eigenvalue weighted by Gasteiger charge is 2.27. The smallest absolute Gasteiger partial charge is 0.256 e. The Balaban J connectivity index is 1.26. The summed E-state index contributed by atoms with van der Waals surface area (Å²) >= 11 is 6.10. The zero-order valence-electron chi connectivity index (χ0n) is 18.5. The summed E-state index contributed by atoms with van der Waals surface area (Å²) in [6, 6.07) is 16.2. The number of para-hydroxylation sites is 1. The van der Waals surface area contributed by atoms with Gasteiger partial charge in [0.05, 0.1) is 34.7 Å². The van der Waals surface area contributed by atoms with Crippen molar-refractivity contribution in [2.75, 3.05) is 10.6 Å². The number of aromatic nitrogens is 4. The quantitative estimate of drug-likeness (QED) is 0.410. The Morgan fingerprint density at radius 2 is 1.91 bits per heavy atom. The molecule has 4 aromatic rings. The number of carbonyl (C=O) groups is 2. The largest absolute Gasteiger partial charge is 0.324 e. The van der Waals surface area contributed by atoms with Crippen molar-refractivity contribution in [1.82, 2.24) is 19.6 Å². The summed E-state index contributed by atoms with van der Waals surface area (Å²) in [6.45, 7) is 0. The molecule has 1 saturated carbocycles. The summed E-state index contributed by atoms with van der Waals surface area (Å²) in [4.78, 5) is 25.3. The van der Waals surface area contributed by atoms with E-state index in [-0.39, 0.29) is 18.2 Å². The SMILES string of the molecule is Cn1nc(C2CC2)cc1NC(=O)c1cccc(-n2cc(CC(=O)Nc3ccccc3Cl)cn2)c1. The lowest BCUT2D eigenvalue weighted by Crippen LogP contribution is -2.15. The minimum Gasteiger partial charge on any atom is -0.324 e. The highest BCUT2D eigenvalue weighted by Crippen LogP contribution is 2.40. The zero-order valence-corrected chi connectivity index (χ0v) is 19.3. The van der Waals surface area contributed by atoms with Crippen LogP contribution in [0.3, 0.4) is 0 Å². The Hall–Kier alpha value is -3.91. The third-order valence-electron chi connectivity index (χ3n) is 5.66. The predicted octanol–water partition coefficient (Wildman–Crippen LogP) is 4.57. The van der Waals surface area contributed by atoms with Crippen LogP contribution in [0.1, 0.15) is 40.4 Å². The third-order valence-corrected chi connectivity index (χ3v) is 5.99. The van der Waals surface area contributed by atoms with Gasteiger partial charge in [0, 0.05) is 30.8 Å². The minimum absolute atomic E-state index is 0.148. The molecule has 172 valence electrons. The number of nitrogens with one attached hydrogen (secondary N) is 2. The fourth-order valence-corrected chi connectivity index (χ4v) is 3.88. The summed E-state index contributed by atoms with van der Waals surface area (Å²) in [5.74, 6) is 0.769. The van der Waals surface area contributed by atoms with Crippen LogP contribution in [-0.4, -0.2) is 31.4 Å². The third kappa shape index (κ3) is 4.87. The number of anilines is 2. The van der Waals surface area contributed by atoms with E-state index in [1.807, 2.05) is 25.2 Å². The average molecular weight is 475 g/mol. The van der Waals surface area contributed by atoms with Crippen LogP contribution >= 0.6 is 11.6 Å². The summed E-state index contributed by atoms with van der Waals surface area (Å²) < 4.78 is 3.34. The van der Waals surface area contributed by atoms with Gasteiger partial charge in [0.1, 0.15) is 5.82 Å². The standard InChI is InChI=1S/C25H23ClN6O2/c1-31-23(13-22(30-31)17-9-10-17)29-25(34)18-5-4-6-19(12-18)32-15-16(14-27-32)11-24(33)28-21-8-3-2-7-20(21)26/h2-8,12-15,17H,9-11H2,1H3,(H,28,33)(H,29,34). The number of rotatable bonds is 7. The first-order valence-electron chi connectivity index (χ1n) is 11.0. The van der Waals surface area contributed by atoms with Crippen LogP contribution in [0.15, 0.2) is 67.0 Å². The maximum Gasteiger partial charge on any atom is 0.256 e. The normalized spacial score (nSPS) is 13.0. The van der Waals surface area contributed by atoms with Gasteiger partial charge in [-0.05, 0) is 48.7 Å². The molecule has 0 radical (unpaired) electrons. The topological polar surface area (TPSA) is 93.8 Å². The van der Waals surface area contributed by atoms with E-state index in [9.17, 15) is 9.59 Å². The first-order chi connectivity index (χ1) is 16.5. The number of benzene rings is 2. The van der Waals surface area contributed by atoms with Crippen LogP contribution in [0.2, 0.25) is 5.02 Å². The zero-order chi connectivity index (χ0) is 23.7. The fourth-order valence-electron chi connectivity index (χ4n) is 3.70. The van der Waals surface area contributed by atoms with Gasteiger partial charge in [-0.15, -0.1) is 0 Å². The molecule has 8 nitrogen and oxygen atoms in total. The van der Waals surface area contributed by atoms with Crippen LogP contribution in [0, 0.1) is 0 Å². The van der Waals surface area contributed by atoms with E-state index in [0.717, 1.165) is 24.1 Å². The van der Waals surface area contributed by atoms with Crippen LogP contribution in [0.4, 0.5) is 11.5 Å². The molecule has 0 saturated heterocycles. The van der Waals surface area contributed by atoms with E-state index >= 15 is 0 Å². The fraction of sp³-hybridized carbons (Fsp3) is 0.200. The Morgan fingerprint density at radius 1 is 1.09 bits per heavy atom. The van der Waals surface area contributed by atoms with Gasteiger partial charge in [0.15, 0.2) is 0 Å². The van der Waals surface area contributed by atoms with Crippen molar-refractivity contribution in [3.63, 3.8) is 0 Å². The maximum atomic E-state index is 12.9. The van der Waals surface area contributed by atoms with Crippen LogP contribution in [0.5, 0.6) is 0 Å². The van der Waals surface area contributed by atoms with Gasteiger partial charge in [0.25, 0.3) is 5.91 Å². The van der Waals surface area contributed by atoms with Gasteiger partial charge in [-0.3, -0.25) is 14.3 Å². The first kappa shape index (κ1) is 21.9. The molecule has 0 aliphatic heterocycles. The second-order valence-electron chi connectivity index (χ2n) is 8.35. The number of nitrogens with zero attached hydrogens (tertiary/aromatic N) is 4. The Kier molecular flexibility index (Phi) is 5.90. The minimum atomic E-state index is -0.223. The predicted molar refractivity (Wildman–Crippen MR) is 130 cm³/mol.